The van der Waals surface area contributed by atoms with Crippen molar-refractivity contribution >= 4 is 32.8 Å². The summed E-state index contributed by atoms with van der Waals surface area (Å²) < 4.78 is 124. The number of rotatable bonds is 4. The first kappa shape index (κ1) is 21.7. The van der Waals surface area contributed by atoms with Crippen LogP contribution < -0.4 is 0 Å². The van der Waals surface area contributed by atoms with E-state index < -0.39 is 34.3 Å². The molecule has 4 heterocycles. The number of hydrogen-bond acceptors (Lipinski definition) is 4. The van der Waals surface area contributed by atoms with E-state index in [1.54, 1.807) is 66.7 Å². The Morgan fingerprint density at radius 3 is 2.30 bits per heavy atom. The van der Waals surface area contributed by atoms with Gasteiger partial charge in [0.05, 0.1) is 5.58 Å². The minimum Gasteiger partial charge on any atom is -0.486 e. The Morgan fingerprint density at radius 1 is 0.623 bits per heavy atom. The van der Waals surface area contributed by atoms with E-state index in [0.29, 0.717) is 49.8 Å². The van der Waals surface area contributed by atoms with Crippen LogP contribution in [0.2, 0.25) is 0 Å². The second kappa shape index (κ2) is 15.1. The molecule has 0 amide bonds. The molecule has 0 N–H and O–H groups in total. The molecule has 0 saturated carbocycles. The predicted molar refractivity (Wildman–Crippen MR) is 214 cm³/mol. The van der Waals surface area contributed by atoms with Gasteiger partial charge in [0.15, 0.2) is 0 Å². The number of furan rings is 1. The molecule has 9 rings (SSSR count). The van der Waals surface area contributed by atoms with Crippen molar-refractivity contribution in [3.63, 3.8) is 0 Å². The molecule has 0 aliphatic carbocycles. The number of nitrogens with zero attached hydrogens (tertiary/aromatic N) is 3. The van der Waals surface area contributed by atoms with Gasteiger partial charge in [0.2, 0.25) is 5.71 Å². The van der Waals surface area contributed by atoms with Crippen LogP contribution in [0.1, 0.15) is 48.5 Å². The number of fused-ring (bicyclic) bond motifs is 4. The molecule has 5 aromatic carbocycles. The van der Waals surface area contributed by atoms with Crippen LogP contribution in [0.3, 0.4) is 0 Å². The van der Waals surface area contributed by atoms with Crippen molar-refractivity contribution in [1.29, 1.82) is 0 Å². The maximum absolute atomic E-state index is 8.33. The summed E-state index contributed by atoms with van der Waals surface area (Å²) in [4.78, 5) is 12.8. The summed E-state index contributed by atoms with van der Waals surface area (Å²) in [5.41, 5.74) is 4.36. The van der Waals surface area contributed by atoms with Crippen LogP contribution in [0, 0.1) is 46.4 Å². The van der Waals surface area contributed by atoms with E-state index in [1.165, 1.54) is 30.6 Å². The fourth-order valence-electron chi connectivity index (χ4n) is 6.17. The van der Waals surface area contributed by atoms with Crippen molar-refractivity contribution in [3.05, 3.63) is 174 Å². The maximum atomic E-state index is 8.33. The molecule has 0 saturated heterocycles. The predicted octanol–water partition coefficient (Wildman–Crippen LogP) is 12.4. The van der Waals surface area contributed by atoms with Gasteiger partial charge in [-0.15, -0.1) is 47.5 Å². The van der Waals surface area contributed by atoms with Crippen LogP contribution in [0.5, 0.6) is 0 Å². The zero-order valence-electron chi connectivity index (χ0n) is 42.8. The smallest absolute Gasteiger partial charge is 0.216 e. The third-order valence-corrected chi connectivity index (χ3v) is 8.75. The fraction of sp³-hybridized carbons (Fsp3) is 0.104. The molecule has 0 spiro atoms. The Labute approximate surface area is 345 Å². The van der Waals surface area contributed by atoms with Crippen molar-refractivity contribution in [2.75, 3.05) is 0 Å². The average Bonchev–Trinajstić information content (AvgIpc) is 3.66. The van der Waals surface area contributed by atoms with Gasteiger partial charge in [-0.1, -0.05) is 108 Å². The molecule has 53 heavy (non-hydrogen) atoms. The Hall–Kier alpha value is -5.74. The van der Waals surface area contributed by atoms with Crippen molar-refractivity contribution in [2.45, 2.75) is 34.3 Å². The number of benzene rings is 5. The van der Waals surface area contributed by atoms with Crippen molar-refractivity contribution in [1.82, 2.24) is 15.0 Å². The van der Waals surface area contributed by atoms with Gasteiger partial charge in [-0.05, 0) is 95.1 Å². The SMILES string of the molecule is [2H]C([2H])([2H])c1ccc(-c2[c-]cc(C([2H])([2H])[2H])c(-c3ccccc3)c2)nc1.[2H]C([2H])([2H])c1ccc2c(n1)oc1c(-c3cc(-c4ccc5ccccc5c4C([2H])([2H])[2H])c(C([2H])([2H])[2H])cn3)[c-]ccc12.[Ir]. The third kappa shape index (κ3) is 7.06. The summed E-state index contributed by atoms with van der Waals surface area (Å²) in [5.74, 6) is 0. The van der Waals surface area contributed by atoms with Crippen LogP contribution in [-0.4, -0.2) is 15.0 Å². The van der Waals surface area contributed by atoms with Gasteiger partial charge in [0.1, 0.15) is 0 Å². The molecule has 0 aliphatic rings. The van der Waals surface area contributed by atoms with Crippen LogP contribution in [-0.2, 0) is 20.1 Å². The largest absolute Gasteiger partial charge is 0.486 e. The molecule has 0 bridgehead atoms. The average molecular weight is 879 g/mol. The van der Waals surface area contributed by atoms with Crippen LogP contribution in [0.15, 0.2) is 138 Å². The topological polar surface area (TPSA) is 51.8 Å². The molecule has 4 aromatic heterocycles. The molecule has 0 aliphatic heterocycles. The molecule has 9 aromatic rings. The quantitative estimate of drug-likeness (QED) is 0.165. The summed E-state index contributed by atoms with van der Waals surface area (Å²) in [5, 5.41) is 2.47. The Bertz CT molecular complexity index is 3280. The van der Waals surface area contributed by atoms with Gasteiger partial charge < -0.3 is 14.4 Å². The Morgan fingerprint density at radius 2 is 1.49 bits per heavy atom. The zero-order chi connectivity index (χ0) is 48.3. The molecule has 261 valence electrons. The number of hydrogen-bond donors (Lipinski definition) is 0. The second-order valence-electron chi connectivity index (χ2n) is 12.0. The third-order valence-electron chi connectivity index (χ3n) is 8.75. The molecule has 1 radical (unpaired) electrons. The molecular weight excluding hydrogens is 827 g/mol. The standard InChI is InChI=1S/C29H21N2O.C19H16N.Ir/c1-17-16-30-27(15-26(17)22-14-12-20-7-4-5-8-21(20)19(22)3)25-10-6-9-23-24-13-11-18(2)31-29(24)32-28(23)25;1-14-8-11-19(20-13-14)17-10-9-15(2)18(12-17)16-6-4-3-5-7-16;/h4-9,11-16H,1-3H3;3-9,11-13H,1-2H3;/q2*-1;/i1D3,2D3,3D3;1D3,2D3;. The second-order valence-corrected chi connectivity index (χ2v) is 12.0. The first-order valence-corrected chi connectivity index (χ1v) is 16.3. The van der Waals surface area contributed by atoms with Gasteiger partial charge in [0.25, 0.3) is 0 Å². The van der Waals surface area contributed by atoms with E-state index in [1.807, 2.05) is 36.4 Å². The van der Waals surface area contributed by atoms with Crippen LogP contribution in [0.4, 0.5) is 0 Å². The Balaban J connectivity index is 0.000000219. The maximum Gasteiger partial charge on any atom is 0.216 e. The molecule has 5 heteroatoms. The summed E-state index contributed by atoms with van der Waals surface area (Å²) in [6.07, 6.45) is 2.55. The summed E-state index contributed by atoms with van der Waals surface area (Å²) in [7, 11) is 0. The minimum atomic E-state index is -2.58. The van der Waals surface area contributed by atoms with E-state index in [9.17, 15) is 0 Å². The first-order chi connectivity index (χ1) is 31.4. The van der Waals surface area contributed by atoms with E-state index in [2.05, 4.69) is 27.1 Å². The van der Waals surface area contributed by atoms with Crippen LogP contribution >= 0.6 is 0 Å². The Kier molecular flexibility index (Phi) is 6.18. The normalized spacial score (nSPS) is 16.3. The first-order valence-electron chi connectivity index (χ1n) is 23.8. The zero-order valence-corrected chi connectivity index (χ0v) is 30.2. The monoisotopic (exact) mass is 879 g/mol. The van der Waals surface area contributed by atoms with E-state index in [-0.39, 0.29) is 64.9 Å². The van der Waals surface area contributed by atoms with E-state index in [4.69, 9.17) is 25.0 Å². The number of aromatic nitrogens is 3. The van der Waals surface area contributed by atoms with Gasteiger partial charge in [-0.25, -0.2) is 4.98 Å². The molecule has 0 fully saturated rings. The van der Waals surface area contributed by atoms with E-state index in [0.717, 1.165) is 10.9 Å². The number of pyridine rings is 3. The molecule has 4 nitrogen and oxygen atoms in total. The summed E-state index contributed by atoms with van der Waals surface area (Å²) in [6.45, 7) is -12.0. The van der Waals surface area contributed by atoms with Gasteiger partial charge in [-0.2, -0.15) is 0 Å². The number of aryl methyl sites for hydroxylation is 5. The van der Waals surface area contributed by atoms with Gasteiger partial charge in [-0.3, -0.25) is 0 Å². The molecular formula is C48H37IrN3O-2. The van der Waals surface area contributed by atoms with E-state index >= 15 is 0 Å². The summed E-state index contributed by atoms with van der Waals surface area (Å²) in [6, 6.07) is 40.1. The van der Waals surface area contributed by atoms with Crippen molar-refractivity contribution in [3.8, 4) is 44.8 Å². The fourth-order valence-corrected chi connectivity index (χ4v) is 6.17. The minimum absolute atomic E-state index is 0. The van der Waals surface area contributed by atoms with Crippen molar-refractivity contribution in [2.24, 2.45) is 0 Å². The summed E-state index contributed by atoms with van der Waals surface area (Å²) >= 11 is 0. The molecule has 0 unspecified atom stereocenters. The van der Waals surface area contributed by atoms with Gasteiger partial charge in [0, 0.05) is 64.1 Å². The van der Waals surface area contributed by atoms with Crippen LogP contribution in [0.25, 0.3) is 77.6 Å². The van der Waals surface area contributed by atoms with Gasteiger partial charge >= 0.3 is 0 Å². The van der Waals surface area contributed by atoms with Crippen molar-refractivity contribution < 1.29 is 45.1 Å². The molecule has 0 atom stereocenters.